The number of nitrogens with one attached hydrogen (secondary N) is 2. The molecule has 0 aromatic heterocycles. The number of anilines is 2. The Kier molecular flexibility index (Phi) is 7.40. The predicted molar refractivity (Wildman–Crippen MR) is 98.1 cm³/mol. The minimum Gasteiger partial charge on any atom is -0.372 e. The van der Waals surface area contributed by atoms with Crippen LogP contribution in [0.2, 0.25) is 0 Å². The van der Waals surface area contributed by atoms with Crippen LogP contribution in [0.3, 0.4) is 0 Å². The van der Waals surface area contributed by atoms with Gasteiger partial charge in [0.25, 0.3) is 0 Å². The maximum absolute atomic E-state index is 11.9. The van der Waals surface area contributed by atoms with Crippen molar-refractivity contribution in [3.8, 4) is 0 Å². The highest BCUT2D eigenvalue weighted by Gasteiger charge is 2.15. The summed E-state index contributed by atoms with van der Waals surface area (Å²) in [6.07, 6.45) is 6.08. The van der Waals surface area contributed by atoms with Crippen molar-refractivity contribution in [3.63, 3.8) is 0 Å². The summed E-state index contributed by atoms with van der Waals surface area (Å²) in [7, 11) is 0. The molecule has 1 aliphatic heterocycles. The number of carbonyl (C=O) groups excluding carboxylic acids is 1. The quantitative estimate of drug-likeness (QED) is 0.720. The first kappa shape index (κ1) is 17.8. The fraction of sp³-hybridized carbons (Fsp3) is 0.632. The average molecular weight is 317 g/mol. The number of piperidine rings is 1. The van der Waals surface area contributed by atoms with Gasteiger partial charge in [0.05, 0.1) is 6.54 Å². The van der Waals surface area contributed by atoms with E-state index >= 15 is 0 Å². The summed E-state index contributed by atoms with van der Waals surface area (Å²) >= 11 is 0. The lowest BCUT2D eigenvalue weighted by Gasteiger charge is -2.32. The SMILES string of the molecule is CCCCCNCC(=O)Nc1ccc(N2CCC(C)CC2)cc1. The molecule has 1 fully saturated rings. The van der Waals surface area contributed by atoms with Crippen LogP contribution in [0.25, 0.3) is 0 Å². The Bertz CT molecular complexity index is 464. The zero-order chi connectivity index (χ0) is 16.5. The third-order valence-electron chi connectivity index (χ3n) is 4.54. The summed E-state index contributed by atoms with van der Waals surface area (Å²) in [5.41, 5.74) is 2.13. The van der Waals surface area contributed by atoms with Gasteiger partial charge < -0.3 is 15.5 Å². The number of hydrogen-bond acceptors (Lipinski definition) is 3. The first-order valence-electron chi connectivity index (χ1n) is 9.04. The van der Waals surface area contributed by atoms with Gasteiger partial charge in [0.15, 0.2) is 0 Å². The number of carbonyl (C=O) groups is 1. The Morgan fingerprint density at radius 3 is 2.52 bits per heavy atom. The van der Waals surface area contributed by atoms with Gasteiger partial charge in [-0.1, -0.05) is 26.7 Å². The minimum absolute atomic E-state index is 0.0287. The van der Waals surface area contributed by atoms with Gasteiger partial charge in [-0.3, -0.25) is 4.79 Å². The molecule has 2 N–H and O–H groups in total. The summed E-state index contributed by atoms with van der Waals surface area (Å²) < 4.78 is 0. The molecule has 1 amide bonds. The smallest absolute Gasteiger partial charge is 0.238 e. The molecule has 2 rings (SSSR count). The van der Waals surface area contributed by atoms with Crippen LogP contribution >= 0.6 is 0 Å². The van der Waals surface area contributed by atoms with Gasteiger partial charge in [-0.15, -0.1) is 0 Å². The molecule has 0 saturated carbocycles. The van der Waals surface area contributed by atoms with Crippen LogP contribution in [0, 0.1) is 5.92 Å². The molecule has 128 valence electrons. The number of unbranched alkanes of at least 4 members (excludes halogenated alkanes) is 2. The normalized spacial score (nSPS) is 15.7. The van der Waals surface area contributed by atoms with Gasteiger partial charge in [0.1, 0.15) is 0 Å². The lowest BCUT2D eigenvalue weighted by Crippen LogP contribution is -2.32. The molecule has 1 aromatic rings. The molecular formula is C19H31N3O. The second-order valence-electron chi connectivity index (χ2n) is 6.65. The van der Waals surface area contributed by atoms with E-state index < -0.39 is 0 Å². The van der Waals surface area contributed by atoms with Crippen molar-refractivity contribution in [2.45, 2.75) is 46.0 Å². The van der Waals surface area contributed by atoms with Gasteiger partial charge in [-0.2, -0.15) is 0 Å². The lowest BCUT2D eigenvalue weighted by atomic mass is 9.99. The Morgan fingerprint density at radius 2 is 1.87 bits per heavy atom. The molecule has 0 aliphatic carbocycles. The Labute approximate surface area is 140 Å². The molecule has 4 nitrogen and oxygen atoms in total. The molecule has 1 heterocycles. The highest BCUT2D eigenvalue weighted by Crippen LogP contribution is 2.24. The monoisotopic (exact) mass is 317 g/mol. The second-order valence-corrected chi connectivity index (χ2v) is 6.65. The molecular weight excluding hydrogens is 286 g/mol. The van der Waals surface area contributed by atoms with Crippen molar-refractivity contribution < 1.29 is 4.79 Å². The van der Waals surface area contributed by atoms with Crippen LogP contribution in [0.5, 0.6) is 0 Å². The summed E-state index contributed by atoms with van der Waals surface area (Å²) in [6.45, 7) is 8.07. The van der Waals surface area contributed by atoms with E-state index in [2.05, 4.69) is 41.5 Å². The number of benzene rings is 1. The Balaban J connectivity index is 1.73. The molecule has 1 aliphatic rings. The molecule has 1 saturated heterocycles. The maximum atomic E-state index is 11.9. The Morgan fingerprint density at radius 1 is 1.17 bits per heavy atom. The Hall–Kier alpha value is -1.55. The van der Waals surface area contributed by atoms with E-state index in [4.69, 9.17) is 0 Å². The largest absolute Gasteiger partial charge is 0.372 e. The third-order valence-corrected chi connectivity index (χ3v) is 4.54. The molecule has 23 heavy (non-hydrogen) atoms. The summed E-state index contributed by atoms with van der Waals surface area (Å²) in [5.74, 6) is 0.871. The minimum atomic E-state index is 0.0287. The van der Waals surface area contributed by atoms with E-state index in [0.29, 0.717) is 6.54 Å². The fourth-order valence-corrected chi connectivity index (χ4v) is 2.93. The van der Waals surface area contributed by atoms with Crippen LogP contribution in [0.4, 0.5) is 11.4 Å². The molecule has 0 unspecified atom stereocenters. The van der Waals surface area contributed by atoms with E-state index in [1.807, 2.05) is 12.1 Å². The van der Waals surface area contributed by atoms with Crippen molar-refractivity contribution in [2.24, 2.45) is 5.92 Å². The van der Waals surface area contributed by atoms with Crippen LogP contribution in [-0.2, 0) is 4.79 Å². The molecule has 0 spiro atoms. The molecule has 4 heteroatoms. The number of nitrogens with zero attached hydrogens (tertiary/aromatic N) is 1. The lowest BCUT2D eigenvalue weighted by molar-refractivity contribution is -0.115. The van der Waals surface area contributed by atoms with Crippen molar-refractivity contribution >= 4 is 17.3 Å². The molecule has 0 radical (unpaired) electrons. The third kappa shape index (κ3) is 6.22. The summed E-state index contributed by atoms with van der Waals surface area (Å²) in [4.78, 5) is 14.3. The van der Waals surface area contributed by atoms with Crippen molar-refractivity contribution in [2.75, 3.05) is 36.4 Å². The molecule has 0 bridgehead atoms. The van der Waals surface area contributed by atoms with E-state index in [-0.39, 0.29) is 5.91 Å². The van der Waals surface area contributed by atoms with Crippen LogP contribution in [0.15, 0.2) is 24.3 Å². The molecule has 1 aromatic carbocycles. The van der Waals surface area contributed by atoms with E-state index in [0.717, 1.165) is 37.7 Å². The standard InChI is InChI=1S/C19H31N3O/c1-3-4-5-12-20-15-19(23)21-17-6-8-18(9-7-17)22-13-10-16(2)11-14-22/h6-9,16,20H,3-5,10-15H2,1-2H3,(H,21,23). The number of hydrogen-bond donors (Lipinski definition) is 2. The first-order chi connectivity index (χ1) is 11.2. The maximum Gasteiger partial charge on any atom is 0.238 e. The van der Waals surface area contributed by atoms with E-state index in [1.54, 1.807) is 0 Å². The summed E-state index contributed by atoms with van der Waals surface area (Å²) in [5, 5.41) is 6.14. The van der Waals surface area contributed by atoms with E-state index in [1.165, 1.54) is 31.4 Å². The average Bonchev–Trinajstić information content (AvgIpc) is 2.56. The summed E-state index contributed by atoms with van der Waals surface area (Å²) in [6, 6.07) is 8.23. The van der Waals surface area contributed by atoms with Gasteiger partial charge in [-0.05, 0) is 56.0 Å². The number of rotatable bonds is 8. The van der Waals surface area contributed by atoms with Crippen LogP contribution in [-0.4, -0.2) is 32.1 Å². The zero-order valence-corrected chi connectivity index (χ0v) is 14.6. The second kappa shape index (κ2) is 9.56. The van der Waals surface area contributed by atoms with Crippen LogP contribution in [0.1, 0.15) is 46.0 Å². The number of amides is 1. The zero-order valence-electron chi connectivity index (χ0n) is 14.6. The van der Waals surface area contributed by atoms with Gasteiger partial charge >= 0.3 is 0 Å². The van der Waals surface area contributed by atoms with Gasteiger partial charge in [0, 0.05) is 24.5 Å². The molecule has 0 atom stereocenters. The highest BCUT2D eigenvalue weighted by atomic mass is 16.1. The van der Waals surface area contributed by atoms with Crippen molar-refractivity contribution in [3.05, 3.63) is 24.3 Å². The van der Waals surface area contributed by atoms with E-state index in [9.17, 15) is 4.79 Å². The van der Waals surface area contributed by atoms with Gasteiger partial charge in [0.2, 0.25) is 5.91 Å². The topological polar surface area (TPSA) is 44.4 Å². The van der Waals surface area contributed by atoms with Gasteiger partial charge in [-0.25, -0.2) is 0 Å². The van der Waals surface area contributed by atoms with Crippen molar-refractivity contribution in [1.82, 2.24) is 5.32 Å². The van der Waals surface area contributed by atoms with Crippen LogP contribution < -0.4 is 15.5 Å². The fourth-order valence-electron chi connectivity index (χ4n) is 2.93. The highest BCUT2D eigenvalue weighted by molar-refractivity contribution is 5.92. The predicted octanol–water partition coefficient (Wildman–Crippen LogP) is 3.64. The van der Waals surface area contributed by atoms with Crippen molar-refractivity contribution in [1.29, 1.82) is 0 Å². The first-order valence-corrected chi connectivity index (χ1v) is 9.04.